The molecular formula is C10H18O. The number of allylic oxidation sites excluding steroid dienone is 2. The van der Waals surface area contributed by atoms with Crippen LogP contribution in [-0.4, -0.2) is 5.78 Å². The van der Waals surface area contributed by atoms with Gasteiger partial charge in [0.05, 0.1) is 0 Å². The molecule has 0 aliphatic carbocycles. The molecule has 64 valence electrons. The first-order valence-corrected chi connectivity index (χ1v) is 4.26. The first-order chi connectivity index (χ1) is 5.06. The van der Waals surface area contributed by atoms with Gasteiger partial charge in [0.25, 0.3) is 0 Å². The molecule has 0 heterocycles. The normalized spacial score (nSPS) is 12.3. The lowest BCUT2D eigenvalue weighted by Crippen LogP contribution is -1.93. The second-order valence-corrected chi connectivity index (χ2v) is 3.36. The summed E-state index contributed by atoms with van der Waals surface area (Å²) in [5, 5.41) is 0. The quantitative estimate of drug-likeness (QED) is 0.569. The van der Waals surface area contributed by atoms with Gasteiger partial charge < -0.3 is 0 Å². The number of rotatable bonds is 4. The SMILES string of the molecule is CCC(=CC(C)=O)CC(C)C. The van der Waals surface area contributed by atoms with Crippen molar-refractivity contribution in [3.63, 3.8) is 0 Å². The number of carbonyl (C=O) groups is 1. The Balaban J connectivity index is 4.05. The van der Waals surface area contributed by atoms with Crippen LogP contribution in [0.2, 0.25) is 0 Å². The Kier molecular flexibility index (Phi) is 4.84. The molecule has 0 aromatic heterocycles. The van der Waals surface area contributed by atoms with Crippen molar-refractivity contribution in [3.05, 3.63) is 11.6 Å². The molecule has 0 aromatic carbocycles. The van der Waals surface area contributed by atoms with E-state index in [1.54, 1.807) is 13.0 Å². The molecule has 0 aliphatic heterocycles. The van der Waals surface area contributed by atoms with Crippen LogP contribution in [0.3, 0.4) is 0 Å². The minimum Gasteiger partial charge on any atom is -0.295 e. The van der Waals surface area contributed by atoms with Gasteiger partial charge in [-0.25, -0.2) is 0 Å². The average Bonchev–Trinajstić information content (AvgIpc) is 1.84. The van der Waals surface area contributed by atoms with Gasteiger partial charge in [-0.1, -0.05) is 26.3 Å². The summed E-state index contributed by atoms with van der Waals surface area (Å²) in [4.78, 5) is 10.7. The fourth-order valence-electron chi connectivity index (χ4n) is 1.12. The molecule has 0 bridgehead atoms. The van der Waals surface area contributed by atoms with Crippen LogP contribution in [0.15, 0.2) is 11.6 Å². The second-order valence-electron chi connectivity index (χ2n) is 3.36. The van der Waals surface area contributed by atoms with Crippen molar-refractivity contribution in [1.29, 1.82) is 0 Å². The third-order valence-corrected chi connectivity index (χ3v) is 1.53. The molecule has 0 aromatic rings. The summed E-state index contributed by atoms with van der Waals surface area (Å²) < 4.78 is 0. The Hall–Kier alpha value is -0.590. The zero-order chi connectivity index (χ0) is 8.85. The van der Waals surface area contributed by atoms with Gasteiger partial charge in [0.2, 0.25) is 0 Å². The maximum Gasteiger partial charge on any atom is 0.152 e. The highest BCUT2D eigenvalue weighted by Crippen LogP contribution is 2.13. The van der Waals surface area contributed by atoms with Gasteiger partial charge in [-0.05, 0) is 31.8 Å². The third kappa shape index (κ3) is 5.84. The highest BCUT2D eigenvalue weighted by molar-refractivity contribution is 5.87. The van der Waals surface area contributed by atoms with Crippen LogP contribution in [0.4, 0.5) is 0 Å². The fourth-order valence-corrected chi connectivity index (χ4v) is 1.12. The van der Waals surface area contributed by atoms with Gasteiger partial charge >= 0.3 is 0 Å². The van der Waals surface area contributed by atoms with Crippen molar-refractivity contribution in [2.75, 3.05) is 0 Å². The van der Waals surface area contributed by atoms with Crippen LogP contribution in [0.5, 0.6) is 0 Å². The van der Waals surface area contributed by atoms with Crippen molar-refractivity contribution in [2.45, 2.75) is 40.5 Å². The van der Waals surface area contributed by atoms with Crippen molar-refractivity contribution < 1.29 is 4.79 Å². The Morgan fingerprint density at radius 3 is 2.27 bits per heavy atom. The largest absolute Gasteiger partial charge is 0.295 e. The molecule has 0 aliphatic rings. The average molecular weight is 154 g/mol. The van der Waals surface area contributed by atoms with E-state index in [0.29, 0.717) is 5.92 Å². The number of hydrogen-bond acceptors (Lipinski definition) is 1. The molecule has 0 amide bonds. The minimum absolute atomic E-state index is 0.169. The third-order valence-electron chi connectivity index (χ3n) is 1.53. The summed E-state index contributed by atoms with van der Waals surface area (Å²) >= 11 is 0. The zero-order valence-corrected chi connectivity index (χ0v) is 7.98. The Morgan fingerprint density at radius 1 is 1.45 bits per heavy atom. The molecule has 0 saturated carbocycles. The summed E-state index contributed by atoms with van der Waals surface area (Å²) in [6, 6.07) is 0. The van der Waals surface area contributed by atoms with Crippen molar-refractivity contribution in [3.8, 4) is 0 Å². The van der Waals surface area contributed by atoms with Crippen LogP contribution in [0.1, 0.15) is 40.5 Å². The van der Waals surface area contributed by atoms with E-state index >= 15 is 0 Å². The smallest absolute Gasteiger partial charge is 0.152 e. The number of carbonyl (C=O) groups excluding carboxylic acids is 1. The summed E-state index contributed by atoms with van der Waals surface area (Å²) in [6.07, 6.45) is 3.81. The lowest BCUT2D eigenvalue weighted by molar-refractivity contribution is -0.112. The Labute approximate surface area is 69.5 Å². The molecule has 0 radical (unpaired) electrons. The molecule has 1 nitrogen and oxygen atoms in total. The lowest BCUT2D eigenvalue weighted by Gasteiger charge is -2.06. The summed E-state index contributed by atoms with van der Waals surface area (Å²) in [5.74, 6) is 0.822. The Morgan fingerprint density at radius 2 is 2.00 bits per heavy atom. The molecule has 0 saturated heterocycles. The predicted molar refractivity (Wildman–Crippen MR) is 48.5 cm³/mol. The van der Waals surface area contributed by atoms with Crippen LogP contribution < -0.4 is 0 Å². The second kappa shape index (κ2) is 5.11. The van der Waals surface area contributed by atoms with Gasteiger partial charge in [-0.3, -0.25) is 4.79 Å². The number of hydrogen-bond donors (Lipinski definition) is 0. The van der Waals surface area contributed by atoms with Crippen molar-refractivity contribution >= 4 is 5.78 Å². The van der Waals surface area contributed by atoms with E-state index in [4.69, 9.17) is 0 Å². The zero-order valence-electron chi connectivity index (χ0n) is 7.98. The van der Waals surface area contributed by atoms with Gasteiger partial charge in [0.15, 0.2) is 5.78 Å². The van der Waals surface area contributed by atoms with Crippen LogP contribution in [0.25, 0.3) is 0 Å². The van der Waals surface area contributed by atoms with Crippen LogP contribution >= 0.6 is 0 Å². The summed E-state index contributed by atoms with van der Waals surface area (Å²) in [7, 11) is 0. The van der Waals surface area contributed by atoms with Gasteiger partial charge in [0.1, 0.15) is 0 Å². The monoisotopic (exact) mass is 154 g/mol. The van der Waals surface area contributed by atoms with Gasteiger partial charge in [0, 0.05) is 0 Å². The molecule has 0 spiro atoms. The van der Waals surface area contributed by atoms with E-state index in [0.717, 1.165) is 12.8 Å². The van der Waals surface area contributed by atoms with Crippen LogP contribution in [0, 0.1) is 5.92 Å². The van der Waals surface area contributed by atoms with E-state index in [9.17, 15) is 4.79 Å². The molecule has 0 unspecified atom stereocenters. The molecule has 0 rings (SSSR count). The summed E-state index contributed by atoms with van der Waals surface area (Å²) in [5.41, 5.74) is 1.27. The van der Waals surface area contributed by atoms with Crippen molar-refractivity contribution in [1.82, 2.24) is 0 Å². The van der Waals surface area contributed by atoms with Gasteiger partial charge in [-0.15, -0.1) is 0 Å². The fraction of sp³-hybridized carbons (Fsp3) is 0.700. The molecule has 1 heteroatoms. The van der Waals surface area contributed by atoms with E-state index in [1.807, 2.05) is 0 Å². The van der Waals surface area contributed by atoms with Crippen LogP contribution in [-0.2, 0) is 4.79 Å². The maximum atomic E-state index is 10.7. The minimum atomic E-state index is 0.169. The van der Waals surface area contributed by atoms with Crippen molar-refractivity contribution in [2.24, 2.45) is 5.92 Å². The number of ketones is 1. The molecule has 0 atom stereocenters. The summed E-state index contributed by atoms with van der Waals surface area (Å²) in [6.45, 7) is 8.04. The lowest BCUT2D eigenvalue weighted by atomic mass is 10.0. The van der Waals surface area contributed by atoms with E-state index in [1.165, 1.54) is 5.57 Å². The Bertz CT molecular complexity index is 154. The van der Waals surface area contributed by atoms with E-state index in [2.05, 4.69) is 20.8 Å². The molecule has 11 heavy (non-hydrogen) atoms. The van der Waals surface area contributed by atoms with E-state index < -0.39 is 0 Å². The maximum absolute atomic E-state index is 10.7. The molecule has 0 N–H and O–H groups in total. The standard InChI is InChI=1S/C10H18O/c1-5-10(6-8(2)3)7-9(4)11/h7-8H,5-6H2,1-4H3. The highest BCUT2D eigenvalue weighted by atomic mass is 16.1. The highest BCUT2D eigenvalue weighted by Gasteiger charge is 1.99. The molecule has 0 fully saturated rings. The first kappa shape index (κ1) is 10.4. The molecular weight excluding hydrogens is 136 g/mol. The van der Waals surface area contributed by atoms with E-state index in [-0.39, 0.29) is 5.78 Å². The first-order valence-electron chi connectivity index (χ1n) is 4.26. The van der Waals surface area contributed by atoms with Gasteiger partial charge in [-0.2, -0.15) is 0 Å². The predicted octanol–water partition coefficient (Wildman–Crippen LogP) is 2.96. The topological polar surface area (TPSA) is 17.1 Å².